The Morgan fingerprint density at radius 2 is 1.85 bits per heavy atom. The van der Waals surface area contributed by atoms with E-state index in [1.54, 1.807) is 12.1 Å². The highest BCUT2D eigenvalue weighted by Crippen LogP contribution is 2.48. The molecule has 1 aromatic rings. The maximum atomic E-state index is 13.4. The molecule has 1 fully saturated rings. The lowest BCUT2D eigenvalue weighted by Gasteiger charge is -2.35. The van der Waals surface area contributed by atoms with Crippen molar-refractivity contribution in [2.75, 3.05) is 0 Å². The number of para-hydroxylation sites is 1. The van der Waals surface area contributed by atoms with Crippen LogP contribution < -0.4 is 9.47 Å². The van der Waals surface area contributed by atoms with Crippen LogP contribution in [0.25, 0.3) is 5.57 Å². The van der Waals surface area contributed by atoms with Gasteiger partial charge in [0.25, 0.3) is 0 Å². The number of halogens is 2. The normalized spacial score (nSPS) is 30.1. The molecule has 1 saturated carbocycles. The van der Waals surface area contributed by atoms with E-state index in [2.05, 4.69) is 17.7 Å². The molecule has 4 rings (SSSR count). The minimum atomic E-state index is -3.55. The van der Waals surface area contributed by atoms with Crippen LogP contribution in [0.4, 0.5) is 8.78 Å². The molecule has 0 saturated heterocycles. The van der Waals surface area contributed by atoms with Gasteiger partial charge in [0.15, 0.2) is 11.5 Å². The first-order valence-electron chi connectivity index (χ1n) is 10.1. The molecule has 4 heteroatoms. The highest BCUT2D eigenvalue weighted by atomic mass is 19.3. The number of fused-ring (bicyclic) bond motifs is 1. The van der Waals surface area contributed by atoms with Crippen molar-refractivity contribution in [2.24, 2.45) is 17.8 Å². The Labute approximate surface area is 154 Å². The van der Waals surface area contributed by atoms with Gasteiger partial charge in [0, 0.05) is 5.56 Å². The van der Waals surface area contributed by atoms with Crippen LogP contribution in [0.2, 0.25) is 0 Å². The smallest absolute Gasteiger partial charge is 0.395 e. The van der Waals surface area contributed by atoms with E-state index < -0.39 is 6.29 Å². The van der Waals surface area contributed by atoms with E-state index >= 15 is 0 Å². The van der Waals surface area contributed by atoms with E-state index in [1.165, 1.54) is 38.5 Å². The van der Waals surface area contributed by atoms with Crippen LogP contribution in [-0.4, -0.2) is 6.29 Å². The summed E-state index contributed by atoms with van der Waals surface area (Å²) < 4.78 is 36.2. The van der Waals surface area contributed by atoms with Crippen molar-refractivity contribution in [3.63, 3.8) is 0 Å². The molecular formula is C22H28F2O2. The number of allylic oxidation sites excluding steroid dienone is 2. The lowest BCUT2D eigenvalue weighted by Crippen LogP contribution is -2.26. The van der Waals surface area contributed by atoms with Gasteiger partial charge in [-0.1, -0.05) is 50.8 Å². The van der Waals surface area contributed by atoms with Crippen molar-refractivity contribution in [1.29, 1.82) is 0 Å². The van der Waals surface area contributed by atoms with E-state index in [4.69, 9.17) is 4.74 Å². The summed E-state index contributed by atoms with van der Waals surface area (Å²) >= 11 is 0. The molecule has 1 aliphatic heterocycles. The fourth-order valence-electron chi connectivity index (χ4n) is 5.11. The molecule has 1 aromatic carbocycles. The molecule has 0 radical (unpaired) electrons. The lowest BCUT2D eigenvalue weighted by atomic mass is 9.70. The summed E-state index contributed by atoms with van der Waals surface area (Å²) in [6, 6.07) is 5.17. The van der Waals surface area contributed by atoms with Gasteiger partial charge in [-0.15, -0.1) is 8.78 Å². The predicted molar refractivity (Wildman–Crippen MR) is 98.3 cm³/mol. The molecule has 0 aromatic heterocycles. The Morgan fingerprint density at radius 1 is 1.04 bits per heavy atom. The second kappa shape index (κ2) is 7.21. The average Bonchev–Trinajstić information content (AvgIpc) is 2.96. The second-order valence-corrected chi connectivity index (χ2v) is 8.13. The Hall–Kier alpha value is -1.58. The van der Waals surface area contributed by atoms with Crippen LogP contribution in [0.3, 0.4) is 0 Å². The SMILES string of the molecule is CCCC1CCC(C2CC=C(c3cccc4c3OC(F)(F)O4)CC2)CC1. The van der Waals surface area contributed by atoms with Gasteiger partial charge in [-0.3, -0.25) is 0 Å². The molecular weight excluding hydrogens is 334 g/mol. The number of ether oxygens (including phenoxy) is 2. The molecule has 1 unspecified atom stereocenters. The van der Waals surface area contributed by atoms with Crippen molar-refractivity contribution >= 4 is 5.57 Å². The van der Waals surface area contributed by atoms with Crippen molar-refractivity contribution < 1.29 is 18.3 Å². The van der Waals surface area contributed by atoms with Crippen molar-refractivity contribution in [2.45, 2.75) is 71.0 Å². The molecule has 1 atom stereocenters. The molecule has 142 valence electrons. The fraction of sp³-hybridized carbons (Fsp3) is 0.636. The number of benzene rings is 1. The number of hydrogen-bond donors (Lipinski definition) is 0. The van der Waals surface area contributed by atoms with Crippen molar-refractivity contribution in [3.05, 3.63) is 29.8 Å². The van der Waals surface area contributed by atoms with Crippen LogP contribution >= 0.6 is 0 Å². The Balaban J connectivity index is 1.41. The van der Waals surface area contributed by atoms with Gasteiger partial charge in [-0.05, 0) is 61.5 Å². The topological polar surface area (TPSA) is 18.5 Å². The lowest BCUT2D eigenvalue weighted by molar-refractivity contribution is -0.286. The van der Waals surface area contributed by atoms with Gasteiger partial charge in [-0.25, -0.2) is 0 Å². The minimum absolute atomic E-state index is 0.143. The Morgan fingerprint density at radius 3 is 2.54 bits per heavy atom. The predicted octanol–water partition coefficient (Wildman–Crippen LogP) is 6.80. The zero-order valence-electron chi connectivity index (χ0n) is 15.5. The van der Waals surface area contributed by atoms with E-state index in [0.717, 1.165) is 48.2 Å². The number of rotatable bonds is 4. The molecule has 0 N–H and O–H groups in total. The first kappa shape index (κ1) is 17.8. The third-order valence-electron chi connectivity index (χ3n) is 6.48. The maximum Gasteiger partial charge on any atom is 0.586 e. The van der Waals surface area contributed by atoms with Crippen LogP contribution in [0.5, 0.6) is 11.5 Å². The van der Waals surface area contributed by atoms with Crippen LogP contribution in [0, 0.1) is 17.8 Å². The van der Waals surface area contributed by atoms with Crippen LogP contribution in [0.1, 0.15) is 70.3 Å². The number of alkyl halides is 2. The van der Waals surface area contributed by atoms with E-state index in [1.807, 2.05) is 6.07 Å². The molecule has 26 heavy (non-hydrogen) atoms. The highest BCUT2D eigenvalue weighted by Gasteiger charge is 2.44. The monoisotopic (exact) mass is 362 g/mol. The molecule has 1 heterocycles. The van der Waals surface area contributed by atoms with Crippen molar-refractivity contribution in [1.82, 2.24) is 0 Å². The summed E-state index contributed by atoms with van der Waals surface area (Å²) in [7, 11) is 0. The Bertz CT molecular complexity index is 675. The molecule has 0 spiro atoms. The van der Waals surface area contributed by atoms with Gasteiger partial charge in [-0.2, -0.15) is 0 Å². The maximum absolute atomic E-state index is 13.4. The zero-order valence-corrected chi connectivity index (χ0v) is 15.5. The van der Waals surface area contributed by atoms with Gasteiger partial charge in [0.2, 0.25) is 0 Å². The highest BCUT2D eigenvalue weighted by molar-refractivity contribution is 5.74. The zero-order chi connectivity index (χ0) is 18.1. The van der Waals surface area contributed by atoms with Crippen LogP contribution in [0.15, 0.2) is 24.3 Å². The van der Waals surface area contributed by atoms with Crippen molar-refractivity contribution in [3.8, 4) is 11.5 Å². The first-order chi connectivity index (χ1) is 12.6. The van der Waals surface area contributed by atoms with Crippen LogP contribution in [-0.2, 0) is 0 Å². The molecule has 2 nitrogen and oxygen atoms in total. The van der Waals surface area contributed by atoms with E-state index in [0.29, 0.717) is 0 Å². The summed E-state index contributed by atoms with van der Waals surface area (Å²) in [4.78, 5) is 0. The quantitative estimate of drug-likeness (QED) is 0.586. The van der Waals surface area contributed by atoms with E-state index in [9.17, 15) is 8.78 Å². The summed E-state index contributed by atoms with van der Waals surface area (Å²) in [6.45, 7) is 2.28. The third-order valence-corrected chi connectivity index (χ3v) is 6.48. The summed E-state index contributed by atoms with van der Waals surface area (Å²) in [5, 5.41) is 0. The molecule has 2 aliphatic carbocycles. The number of hydrogen-bond acceptors (Lipinski definition) is 2. The van der Waals surface area contributed by atoms with E-state index in [-0.39, 0.29) is 11.5 Å². The van der Waals surface area contributed by atoms with Gasteiger partial charge in [0.1, 0.15) is 0 Å². The summed E-state index contributed by atoms with van der Waals surface area (Å²) in [5.74, 6) is 2.87. The molecule has 0 amide bonds. The minimum Gasteiger partial charge on any atom is -0.395 e. The fourth-order valence-corrected chi connectivity index (χ4v) is 5.11. The third kappa shape index (κ3) is 3.60. The van der Waals surface area contributed by atoms with Gasteiger partial charge in [0.05, 0.1) is 0 Å². The standard InChI is InChI=1S/C22H28F2O2/c1-2-4-15-7-9-16(10-8-15)17-11-13-18(14-12-17)19-5-3-6-20-21(19)26-22(23,24)25-20/h3,5-6,13,15-17H,2,4,7-12,14H2,1H3. The summed E-state index contributed by atoms with van der Waals surface area (Å²) in [5.41, 5.74) is 1.89. The molecule has 3 aliphatic rings. The van der Waals surface area contributed by atoms with Gasteiger partial charge >= 0.3 is 6.29 Å². The summed E-state index contributed by atoms with van der Waals surface area (Å²) in [6.07, 6.45) is 10.0. The molecule has 0 bridgehead atoms. The van der Waals surface area contributed by atoms with Gasteiger partial charge < -0.3 is 9.47 Å². The first-order valence-corrected chi connectivity index (χ1v) is 10.1. The second-order valence-electron chi connectivity index (χ2n) is 8.13. The average molecular weight is 362 g/mol. The largest absolute Gasteiger partial charge is 0.586 e. The Kier molecular flexibility index (Phi) is 4.94.